The zero-order valence-electron chi connectivity index (χ0n) is 16.2. The highest BCUT2D eigenvalue weighted by atomic mass is 32.2. The molecule has 2 aromatic rings. The Bertz CT molecular complexity index is 954. The molecule has 0 saturated heterocycles. The molecule has 0 radical (unpaired) electrons. The van der Waals surface area contributed by atoms with E-state index in [1.54, 1.807) is 28.8 Å². The molecule has 0 spiro atoms. The van der Waals surface area contributed by atoms with E-state index in [2.05, 4.69) is 16.4 Å². The molecule has 0 fully saturated rings. The maximum atomic E-state index is 13.2. The molecule has 28 heavy (non-hydrogen) atoms. The van der Waals surface area contributed by atoms with Gasteiger partial charge in [0.25, 0.3) is 0 Å². The lowest BCUT2D eigenvalue weighted by Gasteiger charge is -2.29. The van der Waals surface area contributed by atoms with Gasteiger partial charge in [-0.05, 0) is 55.9 Å². The summed E-state index contributed by atoms with van der Waals surface area (Å²) in [5, 5.41) is 12.6. The van der Waals surface area contributed by atoms with Crippen molar-refractivity contribution in [2.24, 2.45) is 0 Å². The van der Waals surface area contributed by atoms with Crippen LogP contribution in [0.5, 0.6) is 0 Å². The Morgan fingerprint density at radius 2 is 2.18 bits per heavy atom. The summed E-state index contributed by atoms with van der Waals surface area (Å²) >= 11 is 0. The number of anilines is 1. The van der Waals surface area contributed by atoms with Crippen LogP contribution in [-0.2, 0) is 23.0 Å². The van der Waals surface area contributed by atoms with Crippen molar-refractivity contribution >= 4 is 15.7 Å². The first-order valence-electron chi connectivity index (χ1n) is 9.19. The van der Waals surface area contributed by atoms with E-state index in [4.69, 9.17) is 0 Å². The second kappa shape index (κ2) is 8.69. The first-order chi connectivity index (χ1) is 13.4. The third-order valence-electron chi connectivity index (χ3n) is 4.84. The van der Waals surface area contributed by atoms with Gasteiger partial charge in [0.2, 0.25) is 10.0 Å². The van der Waals surface area contributed by atoms with Crippen molar-refractivity contribution in [3.05, 3.63) is 59.4 Å². The van der Waals surface area contributed by atoms with E-state index in [0.29, 0.717) is 25.1 Å². The standard InChI is InChI=1S/C20H25N5O2S/c1-24(2)8-9-28(26,27)25-15-18-10-16(12-21)5-6-20(18)23-14-19(25)11-17-4-3-7-22-13-17/h3-7,10,13,19,23H,8-9,11,14-15H2,1-2H3/t19-/m1/s1. The highest BCUT2D eigenvalue weighted by Gasteiger charge is 2.33. The molecule has 0 saturated carbocycles. The van der Waals surface area contributed by atoms with Crippen LogP contribution in [0.2, 0.25) is 0 Å². The second-order valence-electron chi connectivity index (χ2n) is 7.25. The maximum absolute atomic E-state index is 13.2. The molecule has 1 aliphatic rings. The van der Waals surface area contributed by atoms with Crippen LogP contribution in [0.1, 0.15) is 16.7 Å². The van der Waals surface area contributed by atoms with Gasteiger partial charge < -0.3 is 10.2 Å². The number of hydrogen-bond donors (Lipinski definition) is 1. The van der Waals surface area contributed by atoms with Crippen LogP contribution in [0, 0.1) is 11.3 Å². The third-order valence-corrected chi connectivity index (χ3v) is 6.68. The second-order valence-corrected chi connectivity index (χ2v) is 9.29. The molecule has 1 aliphatic heterocycles. The molecular weight excluding hydrogens is 374 g/mol. The molecular formula is C20H25N5O2S. The lowest BCUT2D eigenvalue weighted by atomic mass is 10.1. The molecule has 1 atom stereocenters. The first-order valence-corrected chi connectivity index (χ1v) is 10.8. The molecule has 1 aromatic heterocycles. The van der Waals surface area contributed by atoms with Gasteiger partial charge in [-0.15, -0.1) is 0 Å². The summed E-state index contributed by atoms with van der Waals surface area (Å²) < 4.78 is 28.0. The fourth-order valence-corrected chi connectivity index (χ4v) is 5.07. The molecule has 0 aliphatic carbocycles. The van der Waals surface area contributed by atoms with Gasteiger partial charge in [-0.1, -0.05) is 6.07 Å². The van der Waals surface area contributed by atoms with Gasteiger partial charge in [0.05, 0.1) is 17.4 Å². The molecule has 0 bridgehead atoms. The summed E-state index contributed by atoms with van der Waals surface area (Å²) in [7, 11) is 0.240. The fraction of sp³-hybridized carbons (Fsp3) is 0.400. The van der Waals surface area contributed by atoms with Crippen LogP contribution in [0.4, 0.5) is 5.69 Å². The van der Waals surface area contributed by atoms with E-state index in [1.165, 1.54) is 0 Å². The van der Waals surface area contributed by atoms with Crippen molar-refractivity contribution in [3.63, 3.8) is 0 Å². The summed E-state index contributed by atoms with van der Waals surface area (Å²) in [6.45, 7) is 1.20. The van der Waals surface area contributed by atoms with Crippen molar-refractivity contribution < 1.29 is 8.42 Å². The number of nitrogens with one attached hydrogen (secondary N) is 1. The van der Waals surface area contributed by atoms with Gasteiger partial charge in [0, 0.05) is 43.8 Å². The average molecular weight is 400 g/mol. The van der Waals surface area contributed by atoms with Gasteiger partial charge >= 0.3 is 0 Å². The predicted molar refractivity (Wildman–Crippen MR) is 109 cm³/mol. The quantitative estimate of drug-likeness (QED) is 0.795. The summed E-state index contributed by atoms with van der Waals surface area (Å²) in [5.41, 5.74) is 3.21. The molecule has 0 unspecified atom stereocenters. The van der Waals surface area contributed by atoms with Crippen molar-refractivity contribution in [2.45, 2.75) is 19.0 Å². The van der Waals surface area contributed by atoms with E-state index in [0.717, 1.165) is 16.8 Å². The molecule has 1 aromatic carbocycles. The lowest BCUT2D eigenvalue weighted by Crippen LogP contribution is -2.45. The van der Waals surface area contributed by atoms with Crippen molar-refractivity contribution in [3.8, 4) is 6.07 Å². The van der Waals surface area contributed by atoms with Crippen LogP contribution in [0.15, 0.2) is 42.7 Å². The Kier molecular flexibility index (Phi) is 6.29. The highest BCUT2D eigenvalue weighted by Crippen LogP contribution is 2.27. The van der Waals surface area contributed by atoms with E-state index in [1.807, 2.05) is 37.2 Å². The van der Waals surface area contributed by atoms with Gasteiger partial charge in [0.15, 0.2) is 0 Å². The number of hydrogen-bond acceptors (Lipinski definition) is 6. The van der Waals surface area contributed by atoms with Crippen molar-refractivity contribution in [1.82, 2.24) is 14.2 Å². The molecule has 2 heterocycles. The zero-order valence-corrected chi connectivity index (χ0v) is 17.0. The summed E-state index contributed by atoms with van der Waals surface area (Å²) in [6.07, 6.45) is 4.05. The Morgan fingerprint density at radius 1 is 1.36 bits per heavy atom. The van der Waals surface area contributed by atoms with Crippen LogP contribution in [0.25, 0.3) is 0 Å². The number of nitrogens with zero attached hydrogens (tertiary/aromatic N) is 4. The molecule has 148 valence electrons. The Labute approximate surface area is 166 Å². The van der Waals surface area contributed by atoms with Gasteiger partial charge in [-0.25, -0.2) is 8.42 Å². The Morgan fingerprint density at radius 3 is 2.86 bits per heavy atom. The monoisotopic (exact) mass is 399 g/mol. The number of aromatic nitrogens is 1. The molecule has 0 amide bonds. The normalized spacial score (nSPS) is 17.4. The molecule has 1 N–H and O–H groups in total. The summed E-state index contributed by atoms with van der Waals surface area (Å²) in [4.78, 5) is 6.02. The van der Waals surface area contributed by atoms with Gasteiger partial charge in [0.1, 0.15) is 0 Å². The Hall–Kier alpha value is -2.47. The number of rotatable bonds is 6. The predicted octanol–water partition coefficient (Wildman–Crippen LogP) is 1.68. The van der Waals surface area contributed by atoms with E-state index in [9.17, 15) is 13.7 Å². The van der Waals surface area contributed by atoms with Crippen LogP contribution >= 0.6 is 0 Å². The molecule has 7 nitrogen and oxygen atoms in total. The van der Waals surface area contributed by atoms with Crippen molar-refractivity contribution in [1.29, 1.82) is 5.26 Å². The molecule has 8 heteroatoms. The van der Waals surface area contributed by atoms with Gasteiger partial charge in [-0.2, -0.15) is 9.57 Å². The van der Waals surface area contributed by atoms with E-state index in [-0.39, 0.29) is 18.3 Å². The minimum Gasteiger partial charge on any atom is -0.383 e. The first kappa shape index (κ1) is 20.3. The SMILES string of the molecule is CN(C)CCS(=O)(=O)N1Cc2cc(C#N)ccc2NC[C@H]1Cc1cccnc1. The highest BCUT2D eigenvalue weighted by molar-refractivity contribution is 7.89. The zero-order chi connectivity index (χ0) is 20.1. The molecule has 3 rings (SSSR count). The third kappa shape index (κ3) is 4.87. The topological polar surface area (TPSA) is 89.3 Å². The van der Waals surface area contributed by atoms with Crippen LogP contribution < -0.4 is 5.32 Å². The fourth-order valence-electron chi connectivity index (χ4n) is 3.30. The van der Waals surface area contributed by atoms with Crippen molar-refractivity contribution in [2.75, 3.05) is 38.3 Å². The largest absolute Gasteiger partial charge is 0.383 e. The number of sulfonamides is 1. The van der Waals surface area contributed by atoms with E-state index >= 15 is 0 Å². The summed E-state index contributed by atoms with van der Waals surface area (Å²) in [5.74, 6) is 0.0524. The maximum Gasteiger partial charge on any atom is 0.215 e. The Balaban J connectivity index is 1.94. The minimum absolute atomic E-state index is 0.0524. The van der Waals surface area contributed by atoms with Crippen LogP contribution in [-0.4, -0.2) is 61.6 Å². The lowest BCUT2D eigenvalue weighted by molar-refractivity contribution is 0.322. The number of benzene rings is 1. The summed E-state index contributed by atoms with van der Waals surface area (Å²) in [6, 6.07) is 11.1. The van der Waals surface area contributed by atoms with Gasteiger partial charge in [-0.3, -0.25) is 4.98 Å². The number of fused-ring (bicyclic) bond motifs is 1. The average Bonchev–Trinajstić information content (AvgIpc) is 2.87. The number of nitriles is 1. The smallest absolute Gasteiger partial charge is 0.215 e. The number of pyridine rings is 1. The van der Waals surface area contributed by atoms with Crippen LogP contribution in [0.3, 0.4) is 0 Å². The minimum atomic E-state index is -3.48. The van der Waals surface area contributed by atoms with E-state index < -0.39 is 10.0 Å².